The van der Waals surface area contributed by atoms with E-state index in [1.54, 1.807) is 17.0 Å². The first-order valence-corrected chi connectivity index (χ1v) is 6.97. The van der Waals surface area contributed by atoms with E-state index in [1.165, 1.54) is 18.5 Å². The number of benzene rings is 1. The molecule has 118 valence electrons. The van der Waals surface area contributed by atoms with E-state index in [4.69, 9.17) is 0 Å². The van der Waals surface area contributed by atoms with Crippen molar-refractivity contribution in [3.63, 3.8) is 0 Å². The topological polar surface area (TPSA) is 46.9 Å². The Kier molecular flexibility index (Phi) is 4.59. The zero-order chi connectivity index (χ0) is 16.3. The van der Waals surface area contributed by atoms with Crippen LogP contribution in [0.5, 0.6) is 0 Å². The third-order valence-electron chi connectivity index (χ3n) is 3.33. The lowest BCUT2D eigenvalue weighted by atomic mass is 9.82. The van der Waals surface area contributed by atoms with E-state index in [2.05, 4.69) is 10.3 Å². The molecule has 1 heterocycles. The number of rotatable bonds is 4. The van der Waals surface area contributed by atoms with Gasteiger partial charge in [-0.2, -0.15) is 0 Å². The summed E-state index contributed by atoms with van der Waals surface area (Å²) in [6.07, 6.45) is 4.78. The van der Waals surface area contributed by atoms with Gasteiger partial charge < -0.3 is 9.88 Å². The van der Waals surface area contributed by atoms with Crippen molar-refractivity contribution in [2.75, 3.05) is 0 Å². The minimum atomic E-state index is -0.664. The van der Waals surface area contributed by atoms with Gasteiger partial charge in [-0.3, -0.25) is 4.79 Å². The largest absolute Gasteiger partial charge is 0.347 e. The molecular weight excluding hydrogens is 288 g/mol. The Balaban J connectivity index is 2.21. The Labute approximate surface area is 128 Å². The van der Waals surface area contributed by atoms with Gasteiger partial charge in [0.25, 0.3) is 0 Å². The summed E-state index contributed by atoms with van der Waals surface area (Å²) in [5.41, 5.74) is -0.156. The minimum Gasteiger partial charge on any atom is -0.347 e. The van der Waals surface area contributed by atoms with Gasteiger partial charge >= 0.3 is 0 Å². The van der Waals surface area contributed by atoms with E-state index in [-0.39, 0.29) is 18.0 Å². The lowest BCUT2D eigenvalue weighted by Crippen LogP contribution is -2.38. The number of aromatic nitrogens is 2. The number of nitrogens with one attached hydrogen (secondary N) is 1. The molecule has 22 heavy (non-hydrogen) atoms. The van der Waals surface area contributed by atoms with Crippen molar-refractivity contribution in [2.24, 2.45) is 5.41 Å². The normalized spacial score (nSPS) is 13.0. The fraction of sp³-hybridized carbons (Fsp3) is 0.375. The van der Waals surface area contributed by atoms with Gasteiger partial charge in [0.15, 0.2) is 0 Å². The first kappa shape index (κ1) is 16.1. The number of hydrogen-bond donors (Lipinski definition) is 1. The molecule has 2 aromatic rings. The predicted molar refractivity (Wildman–Crippen MR) is 78.9 cm³/mol. The first-order valence-electron chi connectivity index (χ1n) is 6.97. The molecule has 0 spiro atoms. The molecule has 1 amide bonds. The molecule has 2 rings (SSSR count). The Bertz CT molecular complexity index is 648. The van der Waals surface area contributed by atoms with Gasteiger partial charge in [-0.15, -0.1) is 0 Å². The number of hydrogen-bond acceptors (Lipinski definition) is 2. The van der Waals surface area contributed by atoms with Crippen LogP contribution >= 0.6 is 0 Å². The quantitative estimate of drug-likeness (QED) is 0.943. The molecule has 0 bridgehead atoms. The molecule has 0 aliphatic rings. The number of carbonyl (C=O) groups is 1. The number of nitrogens with zero attached hydrogens (tertiary/aromatic N) is 2. The van der Waals surface area contributed by atoms with Gasteiger partial charge in [0, 0.05) is 24.0 Å². The molecule has 6 heteroatoms. The summed E-state index contributed by atoms with van der Waals surface area (Å²) in [4.78, 5) is 16.0. The zero-order valence-electron chi connectivity index (χ0n) is 12.8. The highest BCUT2D eigenvalue weighted by atomic mass is 19.1. The van der Waals surface area contributed by atoms with Crippen molar-refractivity contribution >= 4 is 5.91 Å². The molecule has 0 saturated heterocycles. The average molecular weight is 307 g/mol. The Morgan fingerprint density at radius 2 is 2.09 bits per heavy atom. The van der Waals surface area contributed by atoms with Crippen LogP contribution in [0.15, 0.2) is 36.9 Å². The Hall–Kier alpha value is -2.24. The fourth-order valence-electron chi connectivity index (χ4n) is 2.25. The highest BCUT2D eigenvalue weighted by Crippen LogP contribution is 2.34. The van der Waals surface area contributed by atoms with Crippen molar-refractivity contribution in [2.45, 2.75) is 33.4 Å². The van der Waals surface area contributed by atoms with E-state index >= 15 is 0 Å². The van der Waals surface area contributed by atoms with Gasteiger partial charge in [-0.05, 0) is 11.5 Å². The van der Waals surface area contributed by atoms with Gasteiger partial charge in [0.05, 0.1) is 12.4 Å². The molecule has 1 N–H and O–H groups in total. The lowest BCUT2D eigenvalue weighted by Gasteiger charge is -2.32. The maximum atomic E-state index is 14.1. The Morgan fingerprint density at radius 1 is 1.36 bits per heavy atom. The van der Waals surface area contributed by atoms with Gasteiger partial charge in [-0.1, -0.05) is 26.8 Å². The van der Waals surface area contributed by atoms with Gasteiger partial charge in [0.1, 0.15) is 18.2 Å². The number of halogens is 2. The standard InChI is InChI=1S/C16H19F2N3O/c1-16(2,3)15(12-5-4-11(17)8-13(12)18)20-14(22)9-21-7-6-19-10-21/h4-8,10,15H,9H2,1-3H3,(H,20,22)/t15-/m0/s1. The predicted octanol–water partition coefficient (Wildman–Crippen LogP) is 3.06. The monoisotopic (exact) mass is 307 g/mol. The van der Waals surface area contributed by atoms with E-state index in [1.807, 2.05) is 20.8 Å². The molecule has 4 nitrogen and oxygen atoms in total. The van der Waals surface area contributed by atoms with Crippen molar-refractivity contribution in [1.82, 2.24) is 14.9 Å². The highest BCUT2D eigenvalue weighted by molar-refractivity contribution is 5.76. The summed E-state index contributed by atoms with van der Waals surface area (Å²) in [7, 11) is 0. The maximum absolute atomic E-state index is 14.1. The molecule has 0 aliphatic carbocycles. The number of amides is 1. The second-order valence-electron chi connectivity index (χ2n) is 6.27. The summed E-state index contributed by atoms with van der Waals surface area (Å²) in [6.45, 7) is 5.75. The molecular formula is C16H19F2N3O. The van der Waals surface area contributed by atoms with Crippen LogP contribution in [0, 0.1) is 17.0 Å². The molecule has 0 fully saturated rings. The molecule has 0 aliphatic heterocycles. The third kappa shape index (κ3) is 3.90. The Morgan fingerprint density at radius 3 is 2.64 bits per heavy atom. The van der Waals surface area contributed by atoms with Crippen molar-refractivity contribution < 1.29 is 13.6 Å². The van der Waals surface area contributed by atoms with Crippen LogP contribution in [-0.2, 0) is 11.3 Å². The van der Waals surface area contributed by atoms with Crippen molar-refractivity contribution in [3.05, 3.63) is 54.1 Å². The smallest absolute Gasteiger partial charge is 0.240 e. The summed E-state index contributed by atoms with van der Waals surface area (Å²) in [5.74, 6) is -1.57. The third-order valence-corrected chi connectivity index (χ3v) is 3.33. The van der Waals surface area contributed by atoms with Crippen molar-refractivity contribution in [1.29, 1.82) is 0 Å². The summed E-state index contributed by atoms with van der Waals surface area (Å²) in [6, 6.07) is 2.83. The maximum Gasteiger partial charge on any atom is 0.240 e. The van der Waals surface area contributed by atoms with Crippen molar-refractivity contribution in [3.8, 4) is 0 Å². The van der Waals surface area contributed by atoms with Gasteiger partial charge in [-0.25, -0.2) is 13.8 Å². The molecule has 0 saturated carbocycles. The molecule has 0 radical (unpaired) electrons. The second kappa shape index (κ2) is 6.25. The van der Waals surface area contributed by atoms with E-state index in [9.17, 15) is 13.6 Å². The van der Waals surface area contributed by atoms with E-state index < -0.39 is 23.1 Å². The summed E-state index contributed by atoms with van der Waals surface area (Å²) in [5, 5.41) is 2.82. The van der Waals surface area contributed by atoms with Crippen LogP contribution < -0.4 is 5.32 Å². The molecule has 1 aromatic heterocycles. The minimum absolute atomic E-state index is 0.0927. The van der Waals surface area contributed by atoms with E-state index in [0.29, 0.717) is 0 Å². The van der Waals surface area contributed by atoms with Crippen LogP contribution in [0.3, 0.4) is 0 Å². The molecule has 0 unspecified atom stereocenters. The van der Waals surface area contributed by atoms with Crippen LogP contribution in [0.2, 0.25) is 0 Å². The summed E-state index contributed by atoms with van der Waals surface area (Å²) >= 11 is 0. The first-order chi connectivity index (χ1) is 10.3. The second-order valence-corrected chi connectivity index (χ2v) is 6.27. The highest BCUT2D eigenvalue weighted by Gasteiger charge is 2.30. The SMILES string of the molecule is CC(C)(C)[C@@H](NC(=O)Cn1ccnc1)c1ccc(F)cc1F. The van der Waals surface area contributed by atoms with Crippen LogP contribution in [-0.4, -0.2) is 15.5 Å². The average Bonchev–Trinajstić information content (AvgIpc) is 2.88. The zero-order valence-corrected chi connectivity index (χ0v) is 12.8. The summed E-state index contributed by atoms with van der Waals surface area (Å²) < 4.78 is 28.8. The number of carbonyl (C=O) groups excluding carboxylic acids is 1. The van der Waals surface area contributed by atoms with Gasteiger partial charge in [0.2, 0.25) is 5.91 Å². The van der Waals surface area contributed by atoms with E-state index in [0.717, 1.165) is 6.07 Å². The molecule has 1 atom stereocenters. The lowest BCUT2D eigenvalue weighted by molar-refractivity contribution is -0.123. The van der Waals surface area contributed by atoms with Crippen LogP contribution in [0.1, 0.15) is 32.4 Å². The number of imidazole rings is 1. The van der Waals surface area contributed by atoms with Crippen LogP contribution in [0.25, 0.3) is 0 Å². The van der Waals surface area contributed by atoms with Crippen LogP contribution in [0.4, 0.5) is 8.78 Å². The fourth-order valence-corrected chi connectivity index (χ4v) is 2.25. The molecule has 1 aromatic carbocycles.